The van der Waals surface area contributed by atoms with E-state index in [1.54, 1.807) is 6.08 Å². The molecule has 0 fully saturated rings. The van der Waals surface area contributed by atoms with Crippen LogP contribution in [0.15, 0.2) is 18.7 Å². The molecule has 0 unspecified atom stereocenters. The molecule has 1 aromatic heterocycles. The van der Waals surface area contributed by atoms with Crippen LogP contribution in [0.4, 0.5) is 0 Å². The number of hydrogen-bond donors (Lipinski definition) is 2. The standard InChI is InChI=1S/C13H13ClN2O/c1-2-8-5-9-11-7-15-3-4-16(11)13(17)12(9)10(14)6-8/h2,5-6,15,17H,1,3-4,7H2. The number of rotatable bonds is 1. The molecule has 1 aliphatic rings. The number of halogens is 1. The normalized spacial score (nSPS) is 14.9. The van der Waals surface area contributed by atoms with Crippen LogP contribution in [-0.4, -0.2) is 16.2 Å². The topological polar surface area (TPSA) is 37.2 Å². The SMILES string of the molecule is C=Cc1cc(Cl)c2c(O)n3c(c2c1)CNCC3. The molecule has 0 saturated heterocycles. The fraction of sp³-hybridized carbons (Fsp3) is 0.231. The molecule has 3 rings (SSSR count). The van der Waals surface area contributed by atoms with Crippen LogP contribution in [0.5, 0.6) is 5.88 Å². The van der Waals surface area contributed by atoms with Crippen molar-refractivity contribution in [2.75, 3.05) is 6.54 Å². The highest BCUT2D eigenvalue weighted by Crippen LogP contribution is 2.38. The van der Waals surface area contributed by atoms with Crippen LogP contribution in [0, 0.1) is 0 Å². The van der Waals surface area contributed by atoms with Gasteiger partial charge in [0.25, 0.3) is 0 Å². The molecule has 1 aliphatic heterocycles. The fourth-order valence-corrected chi connectivity index (χ4v) is 2.75. The maximum atomic E-state index is 10.2. The number of benzene rings is 1. The highest BCUT2D eigenvalue weighted by molar-refractivity contribution is 6.36. The van der Waals surface area contributed by atoms with Crippen molar-refractivity contribution in [3.8, 4) is 5.88 Å². The number of hydrogen-bond acceptors (Lipinski definition) is 2. The van der Waals surface area contributed by atoms with Gasteiger partial charge in [-0.3, -0.25) is 0 Å². The zero-order valence-corrected chi connectivity index (χ0v) is 10.1. The third kappa shape index (κ3) is 1.47. The van der Waals surface area contributed by atoms with Gasteiger partial charge in [-0.05, 0) is 17.7 Å². The largest absolute Gasteiger partial charge is 0.494 e. The van der Waals surface area contributed by atoms with E-state index < -0.39 is 0 Å². The van der Waals surface area contributed by atoms with Crippen molar-refractivity contribution in [2.24, 2.45) is 0 Å². The van der Waals surface area contributed by atoms with E-state index in [0.717, 1.165) is 41.7 Å². The molecule has 4 heteroatoms. The average Bonchev–Trinajstić information content (AvgIpc) is 2.64. The first-order valence-electron chi connectivity index (χ1n) is 5.59. The van der Waals surface area contributed by atoms with E-state index in [4.69, 9.17) is 11.6 Å². The van der Waals surface area contributed by atoms with Crippen LogP contribution in [0.2, 0.25) is 5.02 Å². The first-order valence-corrected chi connectivity index (χ1v) is 5.97. The van der Waals surface area contributed by atoms with Gasteiger partial charge < -0.3 is 15.0 Å². The van der Waals surface area contributed by atoms with E-state index in [1.807, 2.05) is 16.7 Å². The Bertz CT molecular complexity index is 616. The summed E-state index contributed by atoms with van der Waals surface area (Å²) in [7, 11) is 0. The van der Waals surface area contributed by atoms with Crippen LogP contribution in [-0.2, 0) is 13.1 Å². The summed E-state index contributed by atoms with van der Waals surface area (Å²) < 4.78 is 1.93. The maximum absolute atomic E-state index is 10.2. The van der Waals surface area contributed by atoms with Crippen LogP contribution in [0.25, 0.3) is 16.8 Å². The van der Waals surface area contributed by atoms with Gasteiger partial charge in [-0.25, -0.2) is 0 Å². The third-order valence-corrected chi connectivity index (χ3v) is 3.57. The molecule has 88 valence electrons. The lowest BCUT2D eigenvalue weighted by molar-refractivity contribution is 0.396. The van der Waals surface area contributed by atoms with Gasteiger partial charge in [0.05, 0.1) is 10.4 Å². The molecule has 0 amide bonds. The molecule has 3 nitrogen and oxygen atoms in total. The van der Waals surface area contributed by atoms with Gasteiger partial charge in [0.2, 0.25) is 5.88 Å². The van der Waals surface area contributed by atoms with Crippen molar-refractivity contribution >= 4 is 28.4 Å². The van der Waals surface area contributed by atoms with E-state index >= 15 is 0 Å². The van der Waals surface area contributed by atoms with Crippen molar-refractivity contribution < 1.29 is 5.11 Å². The van der Waals surface area contributed by atoms with Crippen molar-refractivity contribution in [1.29, 1.82) is 0 Å². The molecule has 0 aliphatic carbocycles. The Hall–Kier alpha value is -1.45. The van der Waals surface area contributed by atoms with E-state index in [2.05, 4.69) is 11.9 Å². The van der Waals surface area contributed by atoms with Crippen LogP contribution in [0.1, 0.15) is 11.3 Å². The molecule has 0 saturated carbocycles. The minimum absolute atomic E-state index is 0.275. The summed E-state index contributed by atoms with van der Waals surface area (Å²) >= 11 is 6.22. The molecule has 17 heavy (non-hydrogen) atoms. The van der Waals surface area contributed by atoms with Crippen molar-refractivity contribution in [2.45, 2.75) is 13.1 Å². The van der Waals surface area contributed by atoms with Gasteiger partial charge in [-0.15, -0.1) is 0 Å². The summed E-state index contributed by atoms with van der Waals surface area (Å²) in [5.74, 6) is 0.275. The highest BCUT2D eigenvalue weighted by Gasteiger charge is 2.20. The summed E-state index contributed by atoms with van der Waals surface area (Å²) in [6.07, 6.45) is 1.77. The second kappa shape index (κ2) is 3.79. The summed E-state index contributed by atoms with van der Waals surface area (Å²) in [6.45, 7) is 6.15. The van der Waals surface area contributed by atoms with E-state index in [-0.39, 0.29) is 5.88 Å². The van der Waals surface area contributed by atoms with Crippen molar-refractivity contribution in [3.05, 3.63) is 35.0 Å². The maximum Gasteiger partial charge on any atom is 0.200 e. The lowest BCUT2D eigenvalue weighted by Crippen LogP contribution is -2.27. The molecule has 2 N–H and O–H groups in total. The Kier molecular flexibility index (Phi) is 2.38. The summed E-state index contributed by atoms with van der Waals surface area (Å²) in [5.41, 5.74) is 2.07. The molecule has 0 bridgehead atoms. The van der Waals surface area contributed by atoms with Gasteiger partial charge in [0.15, 0.2) is 0 Å². The van der Waals surface area contributed by atoms with Gasteiger partial charge in [-0.2, -0.15) is 0 Å². The fourth-order valence-electron chi connectivity index (χ4n) is 2.44. The third-order valence-electron chi connectivity index (χ3n) is 3.27. The van der Waals surface area contributed by atoms with E-state index in [9.17, 15) is 5.11 Å². The predicted molar refractivity (Wildman–Crippen MR) is 70.4 cm³/mol. The van der Waals surface area contributed by atoms with Gasteiger partial charge in [0.1, 0.15) is 0 Å². The van der Waals surface area contributed by atoms with Gasteiger partial charge >= 0.3 is 0 Å². The lowest BCUT2D eigenvalue weighted by Gasteiger charge is -2.17. The Labute approximate surface area is 104 Å². The summed E-state index contributed by atoms with van der Waals surface area (Å²) in [6, 6.07) is 3.85. The molecular formula is C13H13ClN2O. The number of nitrogens with one attached hydrogen (secondary N) is 1. The Morgan fingerprint density at radius 3 is 3.06 bits per heavy atom. The quantitative estimate of drug-likeness (QED) is 0.814. The number of aromatic hydroxyl groups is 1. The Morgan fingerprint density at radius 1 is 1.47 bits per heavy atom. The van der Waals surface area contributed by atoms with Gasteiger partial charge in [0, 0.05) is 30.7 Å². The van der Waals surface area contributed by atoms with Crippen LogP contribution >= 0.6 is 11.6 Å². The molecule has 0 spiro atoms. The first-order chi connectivity index (χ1) is 8.22. The minimum atomic E-state index is 0.275. The zero-order valence-electron chi connectivity index (χ0n) is 9.33. The van der Waals surface area contributed by atoms with Crippen LogP contribution in [0.3, 0.4) is 0 Å². The highest BCUT2D eigenvalue weighted by atomic mass is 35.5. The number of nitrogens with zero attached hydrogens (tertiary/aromatic N) is 1. The molecule has 2 heterocycles. The summed E-state index contributed by atoms with van der Waals surface area (Å²) in [4.78, 5) is 0. The number of aromatic nitrogens is 1. The Balaban J connectivity index is 2.42. The second-order valence-electron chi connectivity index (χ2n) is 4.23. The predicted octanol–water partition coefficient (Wildman–Crippen LogP) is 2.75. The smallest absolute Gasteiger partial charge is 0.200 e. The summed E-state index contributed by atoms with van der Waals surface area (Å²) in [5, 5.41) is 15.8. The monoisotopic (exact) mass is 248 g/mol. The van der Waals surface area contributed by atoms with Gasteiger partial charge in [-0.1, -0.05) is 24.3 Å². The lowest BCUT2D eigenvalue weighted by atomic mass is 10.1. The molecule has 1 aromatic carbocycles. The van der Waals surface area contributed by atoms with Crippen molar-refractivity contribution in [1.82, 2.24) is 9.88 Å². The minimum Gasteiger partial charge on any atom is -0.494 e. The van der Waals surface area contributed by atoms with E-state index in [0.29, 0.717) is 5.02 Å². The molecule has 0 radical (unpaired) electrons. The van der Waals surface area contributed by atoms with E-state index in [1.165, 1.54) is 0 Å². The van der Waals surface area contributed by atoms with Crippen molar-refractivity contribution in [3.63, 3.8) is 0 Å². The Morgan fingerprint density at radius 2 is 2.29 bits per heavy atom. The molecule has 0 atom stereocenters. The number of fused-ring (bicyclic) bond motifs is 3. The first kappa shape index (κ1) is 10.7. The molecule has 2 aromatic rings. The van der Waals surface area contributed by atoms with Crippen LogP contribution < -0.4 is 5.32 Å². The zero-order chi connectivity index (χ0) is 12.0. The second-order valence-corrected chi connectivity index (χ2v) is 4.64. The molecular weight excluding hydrogens is 236 g/mol. The average molecular weight is 249 g/mol.